The Morgan fingerprint density at radius 1 is 1.20 bits per heavy atom. The maximum absolute atomic E-state index is 12.8. The summed E-state index contributed by atoms with van der Waals surface area (Å²) in [6.07, 6.45) is 1.42. The van der Waals surface area contributed by atoms with Gasteiger partial charge in [-0.2, -0.15) is 0 Å². The Morgan fingerprint density at radius 2 is 1.88 bits per heavy atom. The van der Waals surface area contributed by atoms with E-state index in [9.17, 15) is 4.79 Å². The Bertz CT molecular complexity index is 628. The highest BCUT2D eigenvalue weighted by molar-refractivity contribution is 7.80. The van der Waals surface area contributed by atoms with Crippen LogP contribution in [0.3, 0.4) is 0 Å². The zero-order valence-corrected chi connectivity index (χ0v) is 15.7. The number of nitrogens with zero attached hydrogens (tertiary/aromatic N) is 2. The summed E-state index contributed by atoms with van der Waals surface area (Å²) in [5.74, 6) is 1.47. The molecule has 1 atom stereocenters. The van der Waals surface area contributed by atoms with Crippen molar-refractivity contribution >= 4 is 23.2 Å². The molecule has 0 saturated carbocycles. The molecule has 2 heterocycles. The number of benzene rings is 1. The van der Waals surface area contributed by atoms with E-state index in [0.29, 0.717) is 49.3 Å². The molecule has 0 spiro atoms. The maximum Gasteiger partial charge on any atom is 0.251 e. The minimum Gasteiger partial charge on any atom is -0.493 e. The van der Waals surface area contributed by atoms with Crippen LogP contribution in [0.1, 0.15) is 24.5 Å². The Labute approximate surface area is 153 Å². The lowest BCUT2D eigenvalue weighted by Crippen LogP contribution is -2.40. The number of fused-ring (bicyclic) bond motifs is 2. The summed E-state index contributed by atoms with van der Waals surface area (Å²) < 4.78 is 16.1. The van der Waals surface area contributed by atoms with Gasteiger partial charge in [0.25, 0.3) is 5.91 Å². The number of thiocarbonyl (C=S) groups is 1. The lowest BCUT2D eigenvalue weighted by Gasteiger charge is -2.31. The van der Waals surface area contributed by atoms with Crippen LogP contribution in [0, 0.1) is 0 Å². The van der Waals surface area contributed by atoms with Crippen molar-refractivity contribution in [3.63, 3.8) is 0 Å². The van der Waals surface area contributed by atoms with Gasteiger partial charge in [-0.3, -0.25) is 9.69 Å². The highest BCUT2D eigenvalue weighted by atomic mass is 32.1. The number of hydrogen-bond acceptors (Lipinski definition) is 5. The van der Waals surface area contributed by atoms with E-state index >= 15 is 0 Å². The number of amides is 1. The smallest absolute Gasteiger partial charge is 0.251 e. The van der Waals surface area contributed by atoms with Crippen LogP contribution in [0.4, 0.5) is 0 Å². The zero-order chi connectivity index (χ0) is 18.0. The molecule has 0 aliphatic carbocycles. The summed E-state index contributed by atoms with van der Waals surface area (Å²) in [4.78, 5) is 16.5. The van der Waals surface area contributed by atoms with Gasteiger partial charge in [0.2, 0.25) is 0 Å². The number of carbonyl (C=O) groups excluding carboxylic acids is 1. The van der Waals surface area contributed by atoms with Gasteiger partial charge in [0, 0.05) is 32.7 Å². The van der Waals surface area contributed by atoms with Gasteiger partial charge >= 0.3 is 0 Å². The van der Waals surface area contributed by atoms with Gasteiger partial charge in [-0.1, -0.05) is 0 Å². The number of ether oxygens (including phenoxy) is 3. The first-order valence-electron chi connectivity index (χ1n) is 8.54. The monoisotopic (exact) mass is 364 g/mol. The molecule has 0 aromatic heterocycles. The number of carbonyl (C=O) groups is 1. The first kappa shape index (κ1) is 17.9. The van der Waals surface area contributed by atoms with Crippen LogP contribution in [0.25, 0.3) is 0 Å². The molecule has 7 heteroatoms. The van der Waals surface area contributed by atoms with Gasteiger partial charge < -0.3 is 19.1 Å². The number of methoxy groups -OCH3 is 2. The van der Waals surface area contributed by atoms with Crippen molar-refractivity contribution < 1.29 is 19.0 Å². The molecular weight excluding hydrogens is 340 g/mol. The van der Waals surface area contributed by atoms with E-state index in [1.807, 2.05) is 24.0 Å². The fourth-order valence-corrected chi connectivity index (χ4v) is 3.81. The maximum atomic E-state index is 12.8. The van der Waals surface area contributed by atoms with Crippen LogP contribution in [-0.4, -0.2) is 60.8 Å². The molecule has 2 aliphatic rings. The normalized spacial score (nSPS) is 19.1. The molecular formula is C18H24N2O4S. The second-order valence-electron chi connectivity index (χ2n) is 6.15. The molecule has 1 fully saturated rings. The van der Waals surface area contributed by atoms with Crippen molar-refractivity contribution in [2.75, 3.05) is 34.0 Å². The van der Waals surface area contributed by atoms with E-state index in [1.165, 1.54) is 0 Å². The predicted octanol–water partition coefficient (Wildman–Crippen LogP) is 1.98. The molecule has 1 aromatic rings. The lowest BCUT2D eigenvalue weighted by molar-refractivity contribution is -0.128. The van der Waals surface area contributed by atoms with Gasteiger partial charge in [-0.25, -0.2) is 0 Å². The molecule has 6 nitrogen and oxygen atoms in total. The molecule has 136 valence electrons. The highest BCUT2D eigenvalue weighted by Gasteiger charge is 2.44. The minimum absolute atomic E-state index is 0.0851. The van der Waals surface area contributed by atoms with Gasteiger partial charge in [-0.05, 0) is 48.8 Å². The van der Waals surface area contributed by atoms with E-state index < -0.39 is 0 Å². The Kier molecular flexibility index (Phi) is 5.44. The molecule has 0 radical (unpaired) electrons. The van der Waals surface area contributed by atoms with E-state index in [4.69, 9.17) is 26.4 Å². The first-order chi connectivity index (χ1) is 12.1. The number of hydrogen-bond donors (Lipinski definition) is 0. The number of rotatable bonds is 7. The van der Waals surface area contributed by atoms with Gasteiger partial charge in [0.05, 0.1) is 14.2 Å². The molecule has 1 aromatic carbocycles. The standard InChI is InChI=1S/C18H24N2O4S/c1-4-24-7-5-6-19-17(21)14-8-12-9-15(22-2)16(23-3)10-13(12)11-20(14)18(19)25/h9-10,14H,4-8,11H2,1-3H3/t14-/m1/s1. The van der Waals surface area contributed by atoms with Crippen LogP contribution in [0.2, 0.25) is 0 Å². The lowest BCUT2D eigenvalue weighted by atomic mass is 9.94. The quantitative estimate of drug-likeness (QED) is 0.545. The van der Waals surface area contributed by atoms with E-state index in [2.05, 4.69) is 0 Å². The van der Waals surface area contributed by atoms with Gasteiger partial charge in [-0.15, -0.1) is 0 Å². The molecule has 25 heavy (non-hydrogen) atoms. The largest absolute Gasteiger partial charge is 0.493 e. The molecule has 0 bridgehead atoms. The Morgan fingerprint density at radius 3 is 2.52 bits per heavy atom. The first-order valence-corrected chi connectivity index (χ1v) is 8.95. The van der Waals surface area contributed by atoms with Crippen LogP contribution in [0.15, 0.2) is 12.1 Å². The van der Waals surface area contributed by atoms with Crippen molar-refractivity contribution in [1.82, 2.24) is 9.80 Å². The van der Waals surface area contributed by atoms with Crippen molar-refractivity contribution in [3.05, 3.63) is 23.3 Å². The molecule has 2 aliphatic heterocycles. The molecule has 0 N–H and O–H groups in total. The third kappa shape index (κ3) is 3.30. The van der Waals surface area contributed by atoms with Gasteiger partial charge in [0.15, 0.2) is 16.6 Å². The van der Waals surface area contributed by atoms with Crippen molar-refractivity contribution in [2.24, 2.45) is 0 Å². The Hall–Kier alpha value is -1.86. The third-order valence-corrected chi connectivity index (χ3v) is 5.19. The van der Waals surface area contributed by atoms with Crippen LogP contribution in [-0.2, 0) is 22.5 Å². The summed E-state index contributed by atoms with van der Waals surface area (Å²) in [5, 5.41) is 0.618. The summed E-state index contributed by atoms with van der Waals surface area (Å²) in [7, 11) is 3.25. The van der Waals surface area contributed by atoms with E-state index in [0.717, 1.165) is 17.5 Å². The molecule has 0 unspecified atom stereocenters. The van der Waals surface area contributed by atoms with E-state index in [-0.39, 0.29) is 11.9 Å². The SMILES string of the molecule is CCOCCCN1C(=O)[C@H]2Cc3cc(OC)c(OC)cc3CN2C1=S. The van der Waals surface area contributed by atoms with Crippen LogP contribution >= 0.6 is 12.2 Å². The summed E-state index contributed by atoms with van der Waals surface area (Å²) in [6, 6.07) is 3.74. The average Bonchev–Trinajstić information content (AvgIpc) is 2.86. The molecule has 1 saturated heterocycles. The summed E-state index contributed by atoms with van der Waals surface area (Å²) in [5.41, 5.74) is 2.24. The molecule has 1 amide bonds. The zero-order valence-electron chi connectivity index (χ0n) is 14.9. The topological polar surface area (TPSA) is 51.2 Å². The average molecular weight is 364 g/mol. The van der Waals surface area contributed by atoms with Crippen LogP contribution < -0.4 is 9.47 Å². The minimum atomic E-state index is -0.217. The predicted molar refractivity (Wildman–Crippen MR) is 98.0 cm³/mol. The van der Waals surface area contributed by atoms with Crippen molar-refractivity contribution in [2.45, 2.75) is 32.4 Å². The van der Waals surface area contributed by atoms with Crippen molar-refractivity contribution in [3.8, 4) is 11.5 Å². The van der Waals surface area contributed by atoms with E-state index in [1.54, 1.807) is 19.1 Å². The summed E-state index contributed by atoms with van der Waals surface area (Å²) in [6.45, 7) is 4.51. The second-order valence-corrected chi connectivity index (χ2v) is 6.51. The molecule has 3 rings (SSSR count). The third-order valence-electron chi connectivity index (χ3n) is 4.74. The van der Waals surface area contributed by atoms with Crippen molar-refractivity contribution in [1.29, 1.82) is 0 Å². The van der Waals surface area contributed by atoms with Crippen LogP contribution in [0.5, 0.6) is 11.5 Å². The Balaban J connectivity index is 1.78. The summed E-state index contributed by atoms with van der Waals surface area (Å²) >= 11 is 5.57. The fourth-order valence-electron chi connectivity index (χ4n) is 3.44. The highest BCUT2D eigenvalue weighted by Crippen LogP contribution is 2.37. The fraction of sp³-hybridized carbons (Fsp3) is 0.556. The second kappa shape index (κ2) is 7.58. The van der Waals surface area contributed by atoms with Gasteiger partial charge in [0.1, 0.15) is 6.04 Å².